The van der Waals surface area contributed by atoms with Crippen molar-refractivity contribution in [2.75, 3.05) is 0 Å². The molecular weight excluding hydrogens is 368 g/mol. The molecule has 1 atom stereocenters. The summed E-state index contributed by atoms with van der Waals surface area (Å²) in [5, 5.41) is 15.4. The van der Waals surface area contributed by atoms with Crippen molar-refractivity contribution < 1.29 is 14.4 Å². The predicted molar refractivity (Wildman–Crippen MR) is 107 cm³/mol. The van der Waals surface area contributed by atoms with Crippen molar-refractivity contribution >= 4 is 5.97 Å². The third-order valence-corrected chi connectivity index (χ3v) is 6.61. The Morgan fingerprint density at radius 2 is 2.00 bits per heavy atom. The summed E-state index contributed by atoms with van der Waals surface area (Å²) in [4.78, 5) is 23.9. The van der Waals surface area contributed by atoms with Crippen LogP contribution in [-0.4, -0.2) is 26.1 Å². The molecule has 2 aromatic heterocycles. The number of carbonyl (C=O) groups is 1. The van der Waals surface area contributed by atoms with Crippen LogP contribution in [0.25, 0.3) is 11.6 Å². The van der Waals surface area contributed by atoms with Gasteiger partial charge in [0, 0.05) is 24.3 Å². The molecule has 0 aromatic carbocycles. The molecular formula is C22H31N4O3-. The van der Waals surface area contributed by atoms with Gasteiger partial charge in [-0.2, -0.15) is 4.98 Å². The van der Waals surface area contributed by atoms with E-state index in [2.05, 4.69) is 40.9 Å². The van der Waals surface area contributed by atoms with Gasteiger partial charge in [-0.3, -0.25) is 4.98 Å². The lowest BCUT2D eigenvalue weighted by Crippen LogP contribution is -2.37. The zero-order valence-electron chi connectivity index (χ0n) is 17.7. The molecule has 29 heavy (non-hydrogen) atoms. The van der Waals surface area contributed by atoms with Crippen molar-refractivity contribution in [1.82, 2.24) is 20.1 Å². The summed E-state index contributed by atoms with van der Waals surface area (Å²) in [6.07, 6.45) is 13.7. The van der Waals surface area contributed by atoms with E-state index in [0.29, 0.717) is 23.4 Å². The first-order valence-corrected chi connectivity index (χ1v) is 10.6. The van der Waals surface area contributed by atoms with Crippen molar-refractivity contribution in [2.24, 2.45) is 10.8 Å². The molecule has 0 spiro atoms. The van der Waals surface area contributed by atoms with Gasteiger partial charge in [-0.25, -0.2) is 4.98 Å². The van der Waals surface area contributed by atoms with Crippen LogP contribution >= 0.6 is 0 Å². The number of aromatic nitrogens is 4. The number of nitrogens with zero attached hydrogens (tertiary/aromatic N) is 4. The number of carbonyl (C=O) groups excluding carboxylic acids is 1. The van der Waals surface area contributed by atoms with Crippen molar-refractivity contribution in [3.8, 4) is 11.6 Å². The van der Waals surface area contributed by atoms with Crippen molar-refractivity contribution in [2.45, 2.75) is 84.5 Å². The summed E-state index contributed by atoms with van der Waals surface area (Å²) in [7, 11) is 0. The summed E-state index contributed by atoms with van der Waals surface area (Å²) >= 11 is 0. The average molecular weight is 400 g/mol. The lowest BCUT2D eigenvalue weighted by atomic mass is 9.57. The summed E-state index contributed by atoms with van der Waals surface area (Å²) in [5.41, 5.74) is 1.04. The summed E-state index contributed by atoms with van der Waals surface area (Å²) in [5.74, 6) is -0.753. The van der Waals surface area contributed by atoms with Crippen LogP contribution in [0.15, 0.2) is 23.1 Å². The fourth-order valence-corrected chi connectivity index (χ4v) is 4.73. The second-order valence-electron chi connectivity index (χ2n) is 9.30. The van der Waals surface area contributed by atoms with Gasteiger partial charge in [0.1, 0.15) is 5.69 Å². The van der Waals surface area contributed by atoms with Crippen LogP contribution < -0.4 is 5.11 Å². The fourth-order valence-electron chi connectivity index (χ4n) is 4.73. The van der Waals surface area contributed by atoms with Crippen LogP contribution in [0.5, 0.6) is 0 Å². The number of hydrogen-bond acceptors (Lipinski definition) is 7. The van der Waals surface area contributed by atoms with Crippen LogP contribution in [0.2, 0.25) is 0 Å². The van der Waals surface area contributed by atoms with Gasteiger partial charge < -0.3 is 14.4 Å². The van der Waals surface area contributed by atoms with Gasteiger partial charge in [-0.15, -0.1) is 0 Å². The molecule has 0 radical (unpaired) electrons. The Bertz CT molecular complexity index is 792. The topological polar surface area (TPSA) is 105 Å². The third kappa shape index (κ3) is 5.19. The highest BCUT2D eigenvalue weighted by atomic mass is 16.5. The average Bonchev–Trinajstić information content (AvgIpc) is 3.18. The Morgan fingerprint density at radius 1 is 1.24 bits per heavy atom. The molecule has 3 rings (SSSR count). The standard InChI is InChI=1S/C22H32N4O3/c1-21(2,3)22(9-5-4-6-10-22)11-7-8-16(14-18(27)28)19-25-20(29-26-19)17-15-23-12-13-24-17/h12-13,15-16H,4-11,14H2,1-3H3,(H,27,28)/p-1. The highest BCUT2D eigenvalue weighted by molar-refractivity contribution is 5.65. The molecule has 1 aliphatic rings. The molecule has 1 unspecified atom stereocenters. The van der Waals surface area contributed by atoms with E-state index in [-0.39, 0.29) is 23.6 Å². The lowest BCUT2D eigenvalue weighted by Gasteiger charge is -2.48. The van der Waals surface area contributed by atoms with Gasteiger partial charge in [-0.1, -0.05) is 51.6 Å². The lowest BCUT2D eigenvalue weighted by molar-refractivity contribution is -0.306. The third-order valence-electron chi connectivity index (χ3n) is 6.61. The quantitative estimate of drug-likeness (QED) is 0.662. The molecule has 0 amide bonds. The monoisotopic (exact) mass is 399 g/mol. The van der Waals surface area contributed by atoms with E-state index >= 15 is 0 Å². The van der Waals surface area contributed by atoms with E-state index in [1.54, 1.807) is 18.6 Å². The number of carboxylic acid groups (broad SMARTS) is 1. The van der Waals surface area contributed by atoms with Crippen LogP contribution in [0.1, 0.15) is 90.3 Å². The number of rotatable bonds is 8. The molecule has 1 fully saturated rings. The first kappa shape index (κ1) is 21.4. The van der Waals surface area contributed by atoms with E-state index in [1.807, 2.05) is 0 Å². The highest BCUT2D eigenvalue weighted by Gasteiger charge is 2.41. The normalized spacial score (nSPS) is 17.8. The van der Waals surface area contributed by atoms with Crippen LogP contribution in [0.4, 0.5) is 0 Å². The molecule has 0 saturated heterocycles. The van der Waals surface area contributed by atoms with Crippen molar-refractivity contribution in [3.63, 3.8) is 0 Å². The largest absolute Gasteiger partial charge is 0.550 e. The van der Waals surface area contributed by atoms with Gasteiger partial charge in [0.25, 0.3) is 5.89 Å². The predicted octanol–water partition coefficient (Wildman–Crippen LogP) is 3.92. The minimum Gasteiger partial charge on any atom is -0.550 e. The van der Waals surface area contributed by atoms with Crippen molar-refractivity contribution in [3.05, 3.63) is 24.4 Å². The smallest absolute Gasteiger partial charge is 0.278 e. The Balaban J connectivity index is 1.70. The van der Waals surface area contributed by atoms with Gasteiger partial charge >= 0.3 is 0 Å². The van der Waals surface area contributed by atoms with Crippen LogP contribution in [0.3, 0.4) is 0 Å². The van der Waals surface area contributed by atoms with Gasteiger partial charge in [0.15, 0.2) is 5.82 Å². The van der Waals surface area contributed by atoms with Crippen molar-refractivity contribution in [1.29, 1.82) is 0 Å². The van der Waals surface area contributed by atoms with Crippen LogP contribution in [-0.2, 0) is 4.79 Å². The second kappa shape index (κ2) is 9.01. The molecule has 2 aromatic rings. The molecule has 158 valence electrons. The Morgan fingerprint density at radius 3 is 2.62 bits per heavy atom. The molecule has 1 aliphatic carbocycles. The molecule has 0 N–H and O–H groups in total. The van der Waals surface area contributed by atoms with E-state index in [1.165, 1.54) is 32.1 Å². The van der Waals surface area contributed by atoms with Gasteiger partial charge in [0.2, 0.25) is 0 Å². The zero-order valence-corrected chi connectivity index (χ0v) is 17.7. The highest BCUT2D eigenvalue weighted by Crippen LogP contribution is 2.53. The molecule has 0 bridgehead atoms. The van der Waals surface area contributed by atoms with Gasteiger partial charge in [-0.05, 0) is 42.9 Å². The van der Waals surface area contributed by atoms with E-state index in [9.17, 15) is 9.90 Å². The zero-order chi connectivity index (χ0) is 20.9. The summed E-state index contributed by atoms with van der Waals surface area (Å²) < 4.78 is 5.31. The number of carboxylic acids is 1. The SMILES string of the molecule is CC(C)(C)C1(CCCC(CC(=O)[O-])c2noc(-c3cnccn3)n2)CCCCC1. The van der Waals surface area contributed by atoms with Crippen LogP contribution in [0, 0.1) is 10.8 Å². The van der Waals surface area contributed by atoms with E-state index in [0.717, 1.165) is 12.8 Å². The Hall–Kier alpha value is -2.31. The maximum absolute atomic E-state index is 11.3. The molecule has 1 saturated carbocycles. The fraction of sp³-hybridized carbons (Fsp3) is 0.682. The minimum absolute atomic E-state index is 0.109. The molecule has 0 aliphatic heterocycles. The van der Waals surface area contributed by atoms with E-state index in [4.69, 9.17) is 4.52 Å². The Labute approximate surface area is 172 Å². The minimum atomic E-state index is -1.09. The molecule has 7 nitrogen and oxygen atoms in total. The first-order valence-electron chi connectivity index (χ1n) is 10.6. The summed E-state index contributed by atoms with van der Waals surface area (Å²) in [6, 6.07) is 0. The summed E-state index contributed by atoms with van der Waals surface area (Å²) in [6.45, 7) is 7.01. The Kier molecular flexibility index (Phi) is 6.65. The van der Waals surface area contributed by atoms with Gasteiger partial charge in [0.05, 0.1) is 6.20 Å². The maximum Gasteiger partial charge on any atom is 0.278 e. The second-order valence-corrected chi connectivity index (χ2v) is 9.30. The van der Waals surface area contributed by atoms with E-state index < -0.39 is 5.97 Å². The molecule has 2 heterocycles. The maximum atomic E-state index is 11.3. The molecule has 7 heteroatoms. The number of aliphatic carboxylic acids is 1. The first-order chi connectivity index (χ1) is 13.8. The number of hydrogen-bond donors (Lipinski definition) is 0.